The average molecular weight is 220 g/mol. The van der Waals surface area contributed by atoms with E-state index in [0.717, 1.165) is 31.9 Å². The van der Waals surface area contributed by atoms with Crippen molar-refractivity contribution >= 4 is 16.7 Å². The van der Waals surface area contributed by atoms with Crippen LogP contribution in [0.2, 0.25) is 0 Å². The average Bonchev–Trinajstić information content (AvgIpc) is 2.81. The fourth-order valence-electron chi connectivity index (χ4n) is 2.17. The first-order chi connectivity index (χ1) is 7.86. The summed E-state index contributed by atoms with van der Waals surface area (Å²) in [6.45, 7) is 3.78. The Bertz CT molecular complexity index is 503. The van der Waals surface area contributed by atoms with E-state index in [0.29, 0.717) is 11.0 Å². The summed E-state index contributed by atoms with van der Waals surface area (Å²) >= 11 is 0. The van der Waals surface area contributed by atoms with Crippen molar-refractivity contribution in [3.63, 3.8) is 0 Å². The van der Waals surface area contributed by atoms with E-state index in [2.05, 4.69) is 10.2 Å². The molecule has 3 rings (SSSR count). The minimum Gasteiger partial charge on any atom is -0.462 e. The third kappa shape index (κ3) is 1.46. The molecule has 4 heteroatoms. The van der Waals surface area contributed by atoms with Gasteiger partial charge in [-0.15, -0.1) is 0 Å². The highest BCUT2D eigenvalue weighted by Crippen LogP contribution is 2.29. The number of nitrogens with one attached hydrogen (secondary N) is 1. The van der Waals surface area contributed by atoms with Gasteiger partial charge in [0.15, 0.2) is 5.58 Å². The quantitative estimate of drug-likeness (QED) is 0.796. The number of fused-ring (bicyclic) bond motifs is 1. The second-order valence-corrected chi connectivity index (χ2v) is 3.97. The van der Waals surface area contributed by atoms with E-state index in [9.17, 15) is 4.39 Å². The summed E-state index contributed by atoms with van der Waals surface area (Å²) in [5, 5.41) is 3.86. The molecule has 1 aromatic carbocycles. The number of hydrogen-bond donors (Lipinski definition) is 1. The van der Waals surface area contributed by atoms with Gasteiger partial charge < -0.3 is 14.6 Å². The Morgan fingerprint density at radius 1 is 1.19 bits per heavy atom. The summed E-state index contributed by atoms with van der Waals surface area (Å²) in [7, 11) is 0. The lowest BCUT2D eigenvalue weighted by Crippen LogP contribution is -2.43. The molecule has 2 aromatic rings. The monoisotopic (exact) mass is 220 g/mol. The van der Waals surface area contributed by atoms with Crippen molar-refractivity contribution in [3.05, 3.63) is 30.3 Å². The number of furan rings is 1. The highest BCUT2D eigenvalue weighted by Gasteiger charge is 2.16. The molecule has 3 nitrogen and oxygen atoms in total. The number of anilines is 1. The van der Waals surface area contributed by atoms with E-state index in [-0.39, 0.29) is 5.82 Å². The maximum atomic E-state index is 13.5. The van der Waals surface area contributed by atoms with Crippen LogP contribution in [0.25, 0.3) is 11.0 Å². The largest absolute Gasteiger partial charge is 0.462 e. The highest BCUT2D eigenvalue weighted by atomic mass is 19.1. The van der Waals surface area contributed by atoms with Gasteiger partial charge >= 0.3 is 0 Å². The van der Waals surface area contributed by atoms with Crippen LogP contribution in [0.3, 0.4) is 0 Å². The zero-order chi connectivity index (χ0) is 11.0. The Labute approximate surface area is 92.8 Å². The smallest absolute Gasteiger partial charge is 0.160 e. The number of nitrogens with zero attached hydrogens (tertiary/aromatic N) is 1. The van der Waals surface area contributed by atoms with Gasteiger partial charge in [0.2, 0.25) is 0 Å². The first-order valence-corrected chi connectivity index (χ1v) is 5.47. The summed E-state index contributed by atoms with van der Waals surface area (Å²) in [6, 6.07) is 4.98. The maximum Gasteiger partial charge on any atom is 0.160 e. The molecule has 1 N–H and O–H groups in total. The molecule has 16 heavy (non-hydrogen) atoms. The van der Waals surface area contributed by atoms with Crippen molar-refractivity contribution in [1.29, 1.82) is 0 Å². The lowest BCUT2D eigenvalue weighted by atomic mass is 10.2. The van der Waals surface area contributed by atoms with Crippen LogP contribution in [0, 0.1) is 5.82 Å². The van der Waals surface area contributed by atoms with E-state index in [1.807, 2.05) is 0 Å². The van der Waals surface area contributed by atoms with Gasteiger partial charge in [0.1, 0.15) is 5.82 Å². The van der Waals surface area contributed by atoms with Crippen LogP contribution in [0.4, 0.5) is 10.1 Å². The number of halogens is 1. The maximum absolute atomic E-state index is 13.5. The van der Waals surface area contributed by atoms with Crippen LogP contribution in [-0.2, 0) is 0 Å². The first-order valence-electron chi connectivity index (χ1n) is 5.47. The van der Waals surface area contributed by atoms with Gasteiger partial charge in [0, 0.05) is 26.2 Å². The molecular formula is C12H13FN2O. The lowest BCUT2D eigenvalue weighted by molar-refractivity contribution is 0.577. The number of piperazine rings is 1. The molecule has 1 saturated heterocycles. The zero-order valence-corrected chi connectivity index (χ0v) is 8.87. The summed E-state index contributed by atoms with van der Waals surface area (Å²) in [5.41, 5.74) is 1.64. The molecular weight excluding hydrogens is 207 g/mol. The summed E-state index contributed by atoms with van der Waals surface area (Å²) in [6.07, 6.45) is 1.54. The fraction of sp³-hybridized carbons (Fsp3) is 0.333. The molecule has 1 aromatic heterocycles. The van der Waals surface area contributed by atoms with E-state index < -0.39 is 0 Å². The minimum atomic E-state index is -0.220. The second kappa shape index (κ2) is 3.79. The Morgan fingerprint density at radius 2 is 2.00 bits per heavy atom. The molecule has 0 bridgehead atoms. The summed E-state index contributed by atoms with van der Waals surface area (Å²) in [4.78, 5) is 2.22. The molecule has 0 spiro atoms. The van der Waals surface area contributed by atoms with Crippen LogP contribution in [0.15, 0.2) is 28.9 Å². The zero-order valence-electron chi connectivity index (χ0n) is 8.87. The van der Waals surface area contributed by atoms with Gasteiger partial charge in [-0.1, -0.05) is 0 Å². The van der Waals surface area contributed by atoms with Crippen LogP contribution in [0.5, 0.6) is 0 Å². The topological polar surface area (TPSA) is 28.4 Å². The molecule has 0 radical (unpaired) electrons. The van der Waals surface area contributed by atoms with Crippen LogP contribution >= 0.6 is 0 Å². The van der Waals surface area contributed by atoms with E-state index in [4.69, 9.17) is 4.42 Å². The molecule has 0 aliphatic carbocycles. The first kappa shape index (κ1) is 9.66. The molecule has 1 fully saturated rings. The van der Waals surface area contributed by atoms with E-state index in [1.54, 1.807) is 18.4 Å². The van der Waals surface area contributed by atoms with E-state index in [1.165, 1.54) is 6.07 Å². The third-order valence-electron chi connectivity index (χ3n) is 3.00. The molecule has 84 valence electrons. The Morgan fingerprint density at radius 3 is 2.81 bits per heavy atom. The van der Waals surface area contributed by atoms with Gasteiger partial charge in [-0.25, -0.2) is 4.39 Å². The van der Waals surface area contributed by atoms with Crippen LogP contribution in [0.1, 0.15) is 0 Å². The van der Waals surface area contributed by atoms with Crippen molar-refractivity contribution in [2.24, 2.45) is 0 Å². The molecule has 2 heterocycles. The molecule has 0 atom stereocenters. The lowest BCUT2D eigenvalue weighted by Gasteiger charge is -2.29. The molecule has 0 saturated carbocycles. The van der Waals surface area contributed by atoms with Crippen molar-refractivity contribution in [2.75, 3.05) is 31.1 Å². The normalized spacial score (nSPS) is 16.9. The van der Waals surface area contributed by atoms with Crippen LogP contribution in [-0.4, -0.2) is 26.2 Å². The van der Waals surface area contributed by atoms with Gasteiger partial charge in [-0.05, 0) is 18.2 Å². The SMILES string of the molecule is Fc1ccc(N2CCNCC2)c2occc12. The van der Waals surface area contributed by atoms with Crippen LogP contribution < -0.4 is 10.2 Å². The predicted molar refractivity (Wildman–Crippen MR) is 61.3 cm³/mol. The van der Waals surface area contributed by atoms with Gasteiger partial charge in [0.05, 0.1) is 17.3 Å². The standard InChI is InChI=1S/C12H13FN2O/c13-10-1-2-11(12-9(10)3-8-16-12)15-6-4-14-5-7-15/h1-3,8,14H,4-7H2. The summed E-state index contributed by atoms with van der Waals surface area (Å²) < 4.78 is 18.9. The van der Waals surface area contributed by atoms with Gasteiger partial charge in [0.25, 0.3) is 0 Å². The number of hydrogen-bond acceptors (Lipinski definition) is 3. The summed E-state index contributed by atoms with van der Waals surface area (Å²) in [5.74, 6) is -0.220. The fourth-order valence-corrected chi connectivity index (χ4v) is 2.17. The van der Waals surface area contributed by atoms with Crippen molar-refractivity contribution in [1.82, 2.24) is 5.32 Å². The van der Waals surface area contributed by atoms with Crippen molar-refractivity contribution < 1.29 is 8.81 Å². The molecule has 0 unspecified atom stereocenters. The Hall–Kier alpha value is -1.55. The minimum absolute atomic E-state index is 0.220. The predicted octanol–water partition coefficient (Wildman–Crippen LogP) is 1.98. The third-order valence-corrected chi connectivity index (χ3v) is 3.00. The van der Waals surface area contributed by atoms with Gasteiger partial charge in [-0.3, -0.25) is 0 Å². The van der Waals surface area contributed by atoms with E-state index >= 15 is 0 Å². The molecule has 0 amide bonds. The number of rotatable bonds is 1. The Balaban J connectivity index is 2.08. The van der Waals surface area contributed by atoms with Crippen molar-refractivity contribution in [3.8, 4) is 0 Å². The van der Waals surface area contributed by atoms with Gasteiger partial charge in [-0.2, -0.15) is 0 Å². The number of benzene rings is 1. The molecule has 1 aliphatic heterocycles. The molecule has 1 aliphatic rings. The second-order valence-electron chi connectivity index (χ2n) is 3.97. The Kier molecular flexibility index (Phi) is 2.29. The highest BCUT2D eigenvalue weighted by molar-refractivity contribution is 5.90. The van der Waals surface area contributed by atoms with Crippen molar-refractivity contribution in [2.45, 2.75) is 0 Å².